The number of nitrogens with zero attached hydrogens (tertiary/aromatic N) is 3. The van der Waals surface area contributed by atoms with E-state index in [1.54, 1.807) is 11.1 Å². The molecule has 2 aromatic rings. The van der Waals surface area contributed by atoms with Crippen molar-refractivity contribution in [1.82, 2.24) is 9.88 Å². The van der Waals surface area contributed by atoms with Crippen LogP contribution in [0.4, 0.5) is 15.9 Å². The molecule has 2 aliphatic heterocycles. The Hall–Kier alpha value is -2.96. The van der Waals surface area contributed by atoms with Gasteiger partial charge in [-0.25, -0.2) is 9.37 Å². The molecular weight excluding hydrogens is 383 g/mol. The number of carbonyl (C=O) groups excluding carboxylic acids is 2. The van der Waals surface area contributed by atoms with Crippen LogP contribution in [0.5, 0.6) is 0 Å². The topological polar surface area (TPSA) is 65.5 Å². The van der Waals surface area contributed by atoms with Crippen LogP contribution < -0.4 is 10.2 Å². The number of likely N-dealkylation sites (tertiary alicyclic amines) is 1. The first-order chi connectivity index (χ1) is 14.6. The quantitative estimate of drug-likeness (QED) is 0.835. The molecule has 1 aromatic carbocycles. The van der Waals surface area contributed by atoms with Crippen molar-refractivity contribution in [1.29, 1.82) is 0 Å². The van der Waals surface area contributed by atoms with Gasteiger partial charge in [0.25, 0.3) is 5.91 Å². The highest BCUT2D eigenvalue weighted by atomic mass is 19.1. The van der Waals surface area contributed by atoms with Crippen molar-refractivity contribution in [3.8, 4) is 0 Å². The van der Waals surface area contributed by atoms with E-state index in [1.165, 1.54) is 43.5 Å². The molecule has 2 saturated heterocycles. The highest BCUT2D eigenvalue weighted by Crippen LogP contribution is 2.22. The van der Waals surface area contributed by atoms with Crippen molar-refractivity contribution >= 4 is 23.3 Å². The maximum Gasteiger partial charge on any atom is 0.253 e. The molecule has 4 rings (SSSR count). The van der Waals surface area contributed by atoms with Crippen LogP contribution in [0.3, 0.4) is 0 Å². The van der Waals surface area contributed by atoms with E-state index in [-0.39, 0.29) is 23.5 Å². The molecule has 30 heavy (non-hydrogen) atoms. The Labute approximate surface area is 176 Å². The van der Waals surface area contributed by atoms with Gasteiger partial charge in [0.1, 0.15) is 11.6 Å². The van der Waals surface area contributed by atoms with Gasteiger partial charge in [0.2, 0.25) is 5.91 Å². The fraction of sp³-hybridized carbons (Fsp3) is 0.435. The Morgan fingerprint density at radius 3 is 2.43 bits per heavy atom. The van der Waals surface area contributed by atoms with E-state index >= 15 is 0 Å². The summed E-state index contributed by atoms with van der Waals surface area (Å²) in [5, 5.41) is 2.94. The molecule has 6 nitrogen and oxygen atoms in total. The van der Waals surface area contributed by atoms with Gasteiger partial charge in [-0.3, -0.25) is 9.59 Å². The third-order valence-corrected chi connectivity index (χ3v) is 5.87. The molecule has 158 valence electrons. The number of amides is 2. The Bertz CT molecular complexity index is 879. The zero-order valence-electron chi connectivity index (χ0n) is 17.0. The molecule has 0 aliphatic carbocycles. The average Bonchev–Trinajstić information content (AvgIpc) is 2.80. The number of carbonyl (C=O) groups is 2. The number of piperidine rings is 2. The second-order valence-corrected chi connectivity index (χ2v) is 8.04. The van der Waals surface area contributed by atoms with Crippen LogP contribution in [-0.4, -0.2) is 47.9 Å². The molecular formula is C23H27FN4O2. The number of halogens is 1. The number of anilines is 2. The van der Waals surface area contributed by atoms with E-state index in [0.717, 1.165) is 31.7 Å². The number of aromatic nitrogens is 1. The molecule has 0 radical (unpaired) electrons. The molecule has 2 amide bonds. The Morgan fingerprint density at radius 1 is 0.967 bits per heavy atom. The highest BCUT2D eigenvalue weighted by molar-refractivity contribution is 5.96. The van der Waals surface area contributed by atoms with E-state index in [1.807, 2.05) is 12.1 Å². The minimum absolute atomic E-state index is 0.0980. The Balaban J connectivity index is 1.35. The number of hydrogen-bond donors (Lipinski definition) is 1. The summed E-state index contributed by atoms with van der Waals surface area (Å²) in [5.41, 5.74) is 1.11. The van der Waals surface area contributed by atoms with Crippen LogP contribution in [0.15, 0.2) is 42.6 Å². The predicted octanol–water partition coefficient (Wildman–Crippen LogP) is 3.70. The Kier molecular flexibility index (Phi) is 6.26. The molecule has 0 saturated carbocycles. The zero-order valence-corrected chi connectivity index (χ0v) is 17.0. The third kappa shape index (κ3) is 4.78. The van der Waals surface area contributed by atoms with E-state index in [0.29, 0.717) is 24.3 Å². The summed E-state index contributed by atoms with van der Waals surface area (Å²) >= 11 is 0. The summed E-state index contributed by atoms with van der Waals surface area (Å²) in [5.74, 6) is 0.0351. The zero-order chi connectivity index (χ0) is 20.9. The molecule has 0 spiro atoms. The minimum Gasteiger partial charge on any atom is -0.357 e. The summed E-state index contributed by atoms with van der Waals surface area (Å²) in [6.07, 6.45) is 6.85. The summed E-state index contributed by atoms with van der Waals surface area (Å²) in [4.78, 5) is 33.9. The number of rotatable bonds is 4. The molecule has 1 atom stereocenters. The minimum atomic E-state index is -0.373. The fourth-order valence-electron chi connectivity index (χ4n) is 4.17. The first kappa shape index (κ1) is 20.3. The second-order valence-electron chi connectivity index (χ2n) is 8.04. The fourth-order valence-corrected chi connectivity index (χ4v) is 4.17. The van der Waals surface area contributed by atoms with Gasteiger partial charge in [0.05, 0.1) is 17.8 Å². The van der Waals surface area contributed by atoms with Crippen LogP contribution in [0.25, 0.3) is 0 Å². The van der Waals surface area contributed by atoms with Gasteiger partial charge in [-0.05, 0) is 68.5 Å². The summed E-state index contributed by atoms with van der Waals surface area (Å²) in [6.45, 7) is 3.02. The van der Waals surface area contributed by atoms with E-state index in [4.69, 9.17) is 0 Å². The van der Waals surface area contributed by atoms with Crippen LogP contribution >= 0.6 is 0 Å². The highest BCUT2D eigenvalue weighted by Gasteiger charge is 2.29. The molecule has 2 aliphatic rings. The standard InChI is InChI=1S/C23H27FN4O2/c24-19-8-6-17(7-9-19)23(30)28-14-4-5-18(16-28)22(29)26-20-10-11-21(25-15-20)27-12-2-1-3-13-27/h6-11,15,18H,1-5,12-14,16H2,(H,26,29). The first-order valence-corrected chi connectivity index (χ1v) is 10.7. The molecule has 7 heteroatoms. The maximum atomic E-state index is 13.1. The van der Waals surface area contributed by atoms with Crippen LogP contribution in [0, 0.1) is 11.7 Å². The number of nitrogens with one attached hydrogen (secondary N) is 1. The van der Waals surface area contributed by atoms with Crippen molar-refractivity contribution in [3.05, 3.63) is 54.0 Å². The van der Waals surface area contributed by atoms with Crippen LogP contribution in [0.1, 0.15) is 42.5 Å². The van der Waals surface area contributed by atoms with Gasteiger partial charge in [0, 0.05) is 31.7 Å². The van der Waals surface area contributed by atoms with Crippen LogP contribution in [-0.2, 0) is 4.79 Å². The van der Waals surface area contributed by atoms with Gasteiger partial charge in [0.15, 0.2) is 0 Å². The molecule has 1 N–H and O–H groups in total. The van der Waals surface area contributed by atoms with Crippen LogP contribution in [0.2, 0.25) is 0 Å². The summed E-state index contributed by atoms with van der Waals surface area (Å²) in [7, 11) is 0. The molecule has 1 aromatic heterocycles. The molecule has 1 unspecified atom stereocenters. The van der Waals surface area contributed by atoms with E-state index in [9.17, 15) is 14.0 Å². The van der Waals surface area contributed by atoms with Crippen molar-refractivity contribution in [2.45, 2.75) is 32.1 Å². The normalized spacial score (nSPS) is 19.4. The third-order valence-electron chi connectivity index (χ3n) is 5.87. The first-order valence-electron chi connectivity index (χ1n) is 10.7. The van der Waals surface area contributed by atoms with Crippen molar-refractivity contribution < 1.29 is 14.0 Å². The lowest BCUT2D eigenvalue weighted by Crippen LogP contribution is -2.43. The summed E-state index contributed by atoms with van der Waals surface area (Å²) < 4.78 is 13.1. The second kappa shape index (κ2) is 9.24. The lowest BCUT2D eigenvalue weighted by molar-refractivity contribution is -0.121. The lowest BCUT2D eigenvalue weighted by atomic mass is 9.96. The number of benzene rings is 1. The van der Waals surface area contributed by atoms with E-state index < -0.39 is 0 Å². The lowest BCUT2D eigenvalue weighted by Gasteiger charge is -2.32. The monoisotopic (exact) mass is 410 g/mol. The smallest absolute Gasteiger partial charge is 0.253 e. The molecule has 2 fully saturated rings. The van der Waals surface area contributed by atoms with Gasteiger partial charge in [-0.15, -0.1) is 0 Å². The van der Waals surface area contributed by atoms with Crippen molar-refractivity contribution in [3.63, 3.8) is 0 Å². The van der Waals surface area contributed by atoms with Gasteiger partial charge in [-0.1, -0.05) is 0 Å². The maximum absolute atomic E-state index is 13.1. The molecule has 3 heterocycles. The molecule has 0 bridgehead atoms. The van der Waals surface area contributed by atoms with E-state index in [2.05, 4.69) is 15.2 Å². The largest absolute Gasteiger partial charge is 0.357 e. The van der Waals surface area contributed by atoms with Gasteiger partial charge >= 0.3 is 0 Å². The van der Waals surface area contributed by atoms with Crippen molar-refractivity contribution in [2.75, 3.05) is 36.4 Å². The average molecular weight is 410 g/mol. The number of hydrogen-bond acceptors (Lipinski definition) is 4. The SMILES string of the molecule is O=C(Nc1ccc(N2CCCCC2)nc1)C1CCCN(C(=O)c2ccc(F)cc2)C1. The Morgan fingerprint density at radius 2 is 1.73 bits per heavy atom. The summed E-state index contributed by atoms with van der Waals surface area (Å²) in [6, 6.07) is 9.36. The van der Waals surface area contributed by atoms with Gasteiger partial charge < -0.3 is 15.1 Å². The van der Waals surface area contributed by atoms with Crippen molar-refractivity contribution in [2.24, 2.45) is 5.92 Å². The van der Waals surface area contributed by atoms with Gasteiger partial charge in [-0.2, -0.15) is 0 Å². The number of pyridine rings is 1. The predicted molar refractivity (Wildman–Crippen MR) is 114 cm³/mol.